The van der Waals surface area contributed by atoms with Crippen molar-refractivity contribution in [2.45, 2.75) is 45.3 Å². The van der Waals surface area contributed by atoms with Crippen molar-refractivity contribution in [2.24, 2.45) is 0 Å². The van der Waals surface area contributed by atoms with Gasteiger partial charge in [-0.1, -0.05) is 0 Å². The lowest BCUT2D eigenvalue weighted by atomic mass is 10.1. The van der Waals surface area contributed by atoms with Crippen LogP contribution in [0.1, 0.15) is 33.6 Å². The van der Waals surface area contributed by atoms with Crippen LogP contribution in [0.2, 0.25) is 0 Å². The van der Waals surface area contributed by atoms with Crippen LogP contribution in [0, 0.1) is 0 Å². The number of hydrogen-bond donors (Lipinski definition) is 1. The van der Waals surface area contributed by atoms with E-state index in [9.17, 15) is 14.4 Å². The molecule has 118 valence electrons. The topological polar surface area (TPSA) is 79.0 Å². The molecule has 0 aromatic rings. The third kappa shape index (κ3) is 3.93. The number of ether oxygens (including phenoxy) is 1. The number of likely N-dealkylation sites (tertiary alicyclic amines) is 1. The second-order valence-electron chi connectivity index (χ2n) is 6.43. The molecule has 2 fully saturated rings. The van der Waals surface area contributed by atoms with Crippen LogP contribution in [0.3, 0.4) is 0 Å². The van der Waals surface area contributed by atoms with E-state index < -0.39 is 5.60 Å². The Morgan fingerprint density at radius 1 is 1.33 bits per heavy atom. The highest BCUT2D eigenvalue weighted by molar-refractivity contribution is 6.01. The lowest BCUT2D eigenvalue weighted by molar-refractivity contribution is -0.160. The third-order valence-electron chi connectivity index (χ3n) is 3.59. The number of carbonyl (C=O) groups excluding carboxylic acids is 3. The number of nitrogens with one attached hydrogen (secondary N) is 1. The summed E-state index contributed by atoms with van der Waals surface area (Å²) in [5, 5.41) is 2.49. The second-order valence-corrected chi connectivity index (χ2v) is 6.43. The minimum absolute atomic E-state index is 0.0638. The first-order valence-electron chi connectivity index (χ1n) is 7.33. The normalized spacial score (nSPS) is 23.6. The monoisotopic (exact) mass is 297 g/mol. The third-order valence-corrected chi connectivity index (χ3v) is 3.59. The molecule has 0 aliphatic carbocycles. The number of imide groups is 1. The van der Waals surface area contributed by atoms with Gasteiger partial charge in [0, 0.05) is 13.1 Å². The Labute approximate surface area is 124 Å². The molecule has 2 rings (SSSR count). The van der Waals surface area contributed by atoms with E-state index >= 15 is 0 Å². The molecule has 0 spiro atoms. The average Bonchev–Trinajstić information content (AvgIpc) is 2.93. The summed E-state index contributed by atoms with van der Waals surface area (Å²) in [6.07, 6.45) is 1.68. The van der Waals surface area contributed by atoms with Gasteiger partial charge in [-0.25, -0.2) is 4.79 Å². The highest BCUT2D eigenvalue weighted by Crippen LogP contribution is 2.21. The number of rotatable bonds is 4. The Morgan fingerprint density at radius 3 is 2.62 bits per heavy atom. The minimum atomic E-state index is -0.504. The molecule has 0 bridgehead atoms. The molecule has 0 unspecified atom stereocenters. The molecule has 3 amide bonds. The van der Waals surface area contributed by atoms with Gasteiger partial charge in [0.25, 0.3) is 0 Å². The van der Waals surface area contributed by atoms with Gasteiger partial charge in [0.1, 0.15) is 11.6 Å². The zero-order valence-electron chi connectivity index (χ0n) is 12.8. The maximum Gasteiger partial charge on any atom is 0.324 e. The number of esters is 1. The van der Waals surface area contributed by atoms with Gasteiger partial charge in [0.15, 0.2) is 0 Å². The van der Waals surface area contributed by atoms with Crippen LogP contribution < -0.4 is 5.32 Å². The Morgan fingerprint density at radius 2 is 2.05 bits per heavy atom. The second kappa shape index (κ2) is 6.01. The molecule has 0 saturated carbocycles. The van der Waals surface area contributed by atoms with Gasteiger partial charge in [0.05, 0.1) is 6.54 Å². The minimum Gasteiger partial charge on any atom is -0.459 e. The van der Waals surface area contributed by atoms with Gasteiger partial charge in [-0.15, -0.1) is 0 Å². The summed E-state index contributed by atoms with van der Waals surface area (Å²) in [5.74, 6) is -0.440. The van der Waals surface area contributed by atoms with E-state index in [2.05, 4.69) is 5.32 Å². The standard InChI is InChI=1S/C14H23N3O4/c1-14(2,3)21-12(19)10-5-4-6-16(10)7-8-17-11(18)9-15-13(17)20/h10H,4-9H2,1-3H3,(H,15,20)/t10-/m1/s1. The van der Waals surface area contributed by atoms with E-state index in [1.54, 1.807) is 0 Å². The van der Waals surface area contributed by atoms with Crippen molar-refractivity contribution in [3.63, 3.8) is 0 Å². The van der Waals surface area contributed by atoms with Crippen LogP contribution >= 0.6 is 0 Å². The van der Waals surface area contributed by atoms with E-state index in [0.29, 0.717) is 13.1 Å². The van der Waals surface area contributed by atoms with Crippen molar-refractivity contribution in [3.05, 3.63) is 0 Å². The van der Waals surface area contributed by atoms with Crippen LogP contribution in [-0.4, -0.2) is 65.5 Å². The van der Waals surface area contributed by atoms with Crippen molar-refractivity contribution >= 4 is 17.9 Å². The number of urea groups is 1. The predicted molar refractivity (Wildman–Crippen MR) is 75.6 cm³/mol. The van der Waals surface area contributed by atoms with Crippen molar-refractivity contribution < 1.29 is 19.1 Å². The fourth-order valence-electron chi connectivity index (χ4n) is 2.64. The lowest BCUT2D eigenvalue weighted by Crippen LogP contribution is -2.44. The zero-order valence-corrected chi connectivity index (χ0v) is 12.8. The molecular weight excluding hydrogens is 274 g/mol. The quantitative estimate of drug-likeness (QED) is 0.598. The number of hydrogen-bond acceptors (Lipinski definition) is 5. The summed E-state index contributed by atoms with van der Waals surface area (Å²) in [5.41, 5.74) is -0.504. The van der Waals surface area contributed by atoms with Crippen LogP contribution in [0.15, 0.2) is 0 Å². The van der Waals surface area contributed by atoms with Crippen molar-refractivity contribution in [1.29, 1.82) is 0 Å². The van der Waals surface area contributed by atoms with E-state index in [0.717, 1.165) is 19.4 Å². The summed E-state index contributed by atoms with van der Waals surface area (Å²) < 4.78 is 5.43. The van der Waals surface area contributed by atoms with Crippen LogP contribution in [0.25, 0.3) is 0 Å². The SMILES string of the molecule is CC(C)(C)OC(=O)[C@H]1CCCN1CCN1C(=O)CNC1=O. The Hall–Kier alpha value is -1.63. The molecule has 0 radical (unpaired) electrons. The van der Waals surface area contributed by atoms with E-state index in [4.69, 9.17) is 4.74 Å². The van der Waals surface area contributed by atoms with Crippen LogP contribution in [0.4, 0.5) is 4.79 Å². The van der Waals surface area contributed by atoms with Gasteiger partial charge >= 0.3 is 12.0 Å². The molecule has 2 aliphatic heterocycles. The fourth-order valence-corrected chi connectivity index (χ4v) is 2.64. The first kappa shape index (κ1) is 15.8. The zero-order chi connectivity index (χ0) is 15.6. The summed E-state index contributed by atoms with van der Waals surface area (Å²) >= 11 is 0. The fraction of sp³-hybridized carbons (Fsp3) is 0.786. The molecular formula is C14H23N3O4. The molecule has 0 aromatic heterocycles. The summed E-state index contributed by atoms with van der Waals surface area (Å²) in [6.45, 7) is 7.20. The Balaban J connectivity index is 1.89. The molecule has 2 saturated heterocycles. The molecule has 21 heavy (non-hydrogen) atoms. The van der Waals surface area contributed by atoms with Crippen LogP contribution in [-0.2, 0) is 14.3 Å². The molecule has 7 nitrogen and oxygen atoms in total. The summed E-state index contributed by atoms with van der Waals surface area (Å²) in [4.78, 5) is 38.4. The van der Waals surface area contributed by atoms with Crippen LogP contribution in [0.5, 0.6) is 0 Å². The number of nitrogens with zero attached hydrogens (tertiary/aromatic N) is 2. The Bertz CT molecular complexity index is 428. The molecule has 1 N–H and O–H groups in total. The number of carbonyl (C=O) groups is 3. The highest BCUT2D eigenvalue weighted by atomic mass is 16.6. The smallest absolute Gasteiger partial charge is 0.324 e. The maximum absolute atomic E-state index is 12.2. The maximum atomic E-state index is 12.2. The first-order valence-corrected chi connectivity index (χ1v) is 7.33. The highest BCUT2D eigenvalue weighted by Gasteiger charge is 2.35. The largest absolute Gasteiger partial charge is 0.459 e. The molecule has 2 aliphatic rings. The van der Waals surface area contributed by atoms with Gasteiger partial charge in [-0.05, 0) is 40.2 Å². The van der Waals surface area contributed by atoms with Gasteiger partial charge in [-0.2, -0.15) is 0 Å². The van der Waals surface area contributed by atoms with Gasteiger partial charge < -0.3 is 10.1 Å². The first-order chi connectivity index (χ1) is 9.78. The van der Waals surface area contributed by atoms with Gasteiger partial charge in [0.2, 0.25) is 5.91 Å². The Kier molecular flexibility index (Phi) is 4.51. The molecule has 2 heterocycles. The van der Waals surface area contributed by atoms with E-state index in [-0.39, 0.29) is 30.5 Å². The van der Waals surface area contributed by atoms with Crippen molar-refractivity contribution in [1.82, 2.24) is 15.1 Å². The van der Waals surface area contributed by atoms with Crippen molar-refractivity contribution in [2.75, 3.05) is 26.2 Å². The van der Waals surface area contributed by atoms with E-state index in [1.807, 2.05) is 25.7 Å². The lowest BCUT2D eigenvalue weighted by Gasteiger charge is -2.28. The predicted octanol–water partition coefficient (Wildman–Crippen LogP) is 0.344. The summed E-state index contributed by atoms with van der Waals surface area (Å²) in [6, 6.07) is -0.627. The van der Waals surface area contributed by atoms with Crippen molar-refractivity contribution in [3.8, 4) is 0 Å². The molecule has 0 aromatic carbocycles. The van der Waals surface area contributed by atoms with Gasteiger partial charge in [-0.3, -0.25) is 19.4 Å². The molecule has 1 atom stereocenters. The van der Waals surface area contributed by atoms with E-state index in [1.165, 1.54) is 4.90 Å². The molecule has 7 heteroatoms. The number of amides is 3. The summed E-state index contributed by atoms with van der Waals surface area (Å²) in [7, 11) is 0. The average molecular weight is 297 g/mol.